The number of hydrogen-bond donors (Lipinski definition) is 1. The highest BCUT2D eigenvalue weighted by molar-refractivity contribution is 7.09. The van der Waals surface area contributed by atoms with Crippen molar-refractivity contribution in [3.63, 3.8) is 0 Å². The Bertz CT molecular complexity index is 575. The summed E-state index contributed by atoms with van der Waals surface area (Å²) in [5.41, 5.74) is 0.323. The molecule has 0 atom stereocenters. The Balaban J connectivity index is 1.35. The molecule has 3 heterocycles. The van der Waals surface area contributed by atoms with Gasteiger partial charge in [-0.05, 0) is 63.5 Å². The molecule has 0 radical (unpaired) electrons. The number of thiazole rings is 1. The number of carbonyl (C=O) groups is 1. The molecule has 3 fully saturated rings. The van der Waals surface area contributed by atoms with E-state index in [1.165, 1.54) is 17.8 Å². The number of nitrogens with zero attached hydrogens (tertiary/aromatic N) is 3. The second-order valence-corrected chi connectivity index (χ2v) is 9.17. The molecule has 6 heteroatoms. The van der Waals surface area contributed by atoms with Gasteiger partial charge in [0.05, 0.1) is 12.6 Å². The summed E-state index contributed by atoms with van der Waals surface area (Å²) >= 11 is 1.74. The van der Waals surface area contributed by atoms with Crippen LogP contribution in [0.3, 0.4) is 0 Å². The molecule has 1 aliphatic carbocycles. The van der Waals surface area contributed by atoms with Crippen molar-refractivity contribution in [1.29, 1.82) is 0 Å². The molecule has 138 valence electrons. The molecule has 1 saturated carbocycles. The minimum atomic E-state index is -0.154. The number of aliphatic hydroxyl groups is 1. The Morgan fingerprint density at radius 1 is 1.20 bits per heavy atom. The number of likely N-dealkylation sites (tertiary alicyclic amines) is 2. The van der Waals surface area contributed by atoms with Crippen LogP contribution < -0.4 is 0 Å². The average molecular weight is 364 g/mol. The van der Waals surface area contributed by atoms with E-state index < -0.39 is 0 Å². The monoisotopic (exact) mass is 363 g/mol. The molecule has 1 amide bonds. The third-order valence-electron chi connectivity index (χ3n) is 6.56. The smallest absolute Gasteiger partial charge is 0.222 e. The highest BCUT2D eigenvalue weighted by atomic mass is 32.1. The number of aliphatic hydroxyl groups excluding tert-OH is 1. The minimum Gasteiger partial charge on any atom is -0.393 e. The van der Waals surface area contributed by atoms with Gasteiger partial charge in [0.1, 0.15) is 5.01 Å². The lowest BCUT2D eigenvalue weighted by atomic mass is 9.71. The van der Waals surface area contributed by atoms with Crippen molar-refractivity contribution in [2.24, 2.45) is 5.41 Å². The summed E-state index contributed by atoms with van der Waals surface area (Å²) < 4.78 is 0. The first kappa shape index (κ1) is 17.4. The van der Waals surface area contributed by atoms with Crippen molar-refractivity contribution >= 4 is 17.2 Å². The molecule has 0 unspecified atom stereocenters. The number of hydrogen-bond acceptors (Lipinski definition) is 5. The van der Waals surface area contributed by atoms with Crippen molar-refractivity contribution in [3.05, 3.63) is 16.6 Å². The summed E-state index contributed by atoms with van der Waals surface area (Å²) in [4.78, 5) is 21.6. The molecule has 0 bridgehead atoms. The van der Waals surface area contributed by atoms with Gasteiger partial charge in [-0.3, -0.25) is 9.69 Å². The standard InChI is InChI=1S/C19H29N3O2S/c23-16-3-1-15(2-4-16)22-14-19(6-5-18(22)24)7-10-21(11-8-19)13-17-20-9-12-25-17/h9,12,15-16,23H,1-8,10-11,13-14H2. The molecule has 1 spiro atoms. The molecule has 1 N–H and O–H groups in total. The molecular weight excluding hydrogens is 334 g/mol. The van der Waals surface area contributed by atoms with Gasteiger partial charge in [-0.1, -0.05) is 0 Å². The van der Waals surface area contributed by atoms with E-state index in [0.717, 1.165) is 58.3 Å². The van der Waals surface area contributed by atoms with Gasteiger partial charge in [0.25, 0.3) is 0 Å². The highest BCUT2D eigenvalue weighted by Crippen LogP contribution is 2.42. The first-order valence-corrected chi connectivity index (χ1v) is 10.6. The van der Waals surface area contributed by atoms with Gasteiger partial charge < -0.3 is 10.0 Å². The maximum Gasteiger partial charge on any atom is 0.222 e. The van der Waals surface area contributed by atoms with Crippen molar-refractivity contribution in [2.45, 2.75) is 70.1 Å². The van der Waals surface area contributed by atoms with E-state index in [1.54, 1.807) is 11.3 Å². The van der Waals surface area contributed by atoms with Gasteiger partial charge >= 0.3 is 0 Å². The second kappa shape index (κ2) is 7.33. The van der Waals surface area contributed by atoms with E-state index in [-0.39, 0.29) is 6.10 Å². The Morgan fingerprint density at radius 3 is 2.64 bits per heavy atom. The summed E-state index contributed by atoms with van der Waals surface area (Å²) in [6.07, 6.45) is 9.53. The van der Waals surface area contributed by atoms with E-state index >= 15 is 0 Å². The third kappa shape index (κ3) is 3.91. The number of rotatable bonds is 3. The van der Waals surface area contributed by atoms with Gasteiger partial charge in [0.2, 0.25) is 5.91 Å². The number of carbonyl (C=O) groups excluding carboxylic acids is 1. The van der Waals surface area contributed by atoms with E-state index in [9.17, 15) is 9.90 Å². The van der Waals surface area contributed by atoms with Gasteiger partial charge in [-0.2, -0.15) is 0 Å². The topological polar surface area (TPSA) is 56.7 Å². The summed E-state index contributed by atoms with van der Waals surface area (Å²) in [5.74, 6) is 0.345. The molecular formula is C19H29N3O2S. The van der Waals surface area contributed by atoms with Crippen molar-refractivity contribution in [3.8, 4) is 0 Å². The predicted octanol–water partition coefficient (Wildman–Crippen LogP) is 2.65. The lowest BCUT2D eigenvalue weighted by molar-refractivity contribution is -0.143. The predicted molar refractivity (Wildman–Crippen MR) is 98.3 cm³/mol. The van der Waals surface area contributed by atoms with E-state index in [0.29, 0.717) is 23.8 Å². The molecule has 1 aromatic heterocycles. The van der Waals surface area contributed by atoms with E-state index in [4.69, 9.17) is 0 Å². The van der Waals surface area contributed by atoms with Crippen LogP contribution >= 0.6 is 11.3 Å². The van der Waals surface area contributed by atoms with Crippen LogP contribution in [0.2, 0.25) is 0 Å². The third-order valence-corrected chi connectivity index (χ3v) is 7.33. The van der Waals surface area contributed by atoms with Crippen LogP contribution in [-0.2, 0) is 11.3 Å². The van der Waals surface area contributed by atoms with Gasteiger partial charge in [-0.25, -0.2) is 4.98 Å². The molecule has 2 saturated heterocycles. The fourth-order valence-corrected chi connectivity index (χ4v) is 5.52. The lowest BCUT2D eigenvalue weighted by Crippen LogP contribution is -2.55. The summed E-state index contributed by atoms with van der Waals surface area (Å²) in [6.45, 7) is 4.14. The highest BCUT2D eigenvalue weighted by Gasteiger charge is 2.43. The first-order chi connectivity index (χ1) is 12.1. The zero-order valence-corrected chi connectivity index (χ0v) is 15.7. The normalized spacial score (nSPS) is 30.8. The van der Waals surface area contributed by atoms with Crippen molar-refractivity contribution < 1.29 is 9.90 Å². The quantitative estimate of drug-likeness (QED) is 0.897. The average Bonchev–Trinajstić information content (AvgIpc) is 3.13. The molecule has 0 aromatic carbocycles. The Labute approximate surface area is 154 Å². The van der Waals surface area contributed by atoms with Crippen LogP contribution in [0.1, 0.15) is 56.4 Å². The van der Waals surface area contributed by atoms with Crippen molar-refractivity contribution in [2.75, 3.05) is 19.6 Å². The van der Waals surface area contributed by atoms with Gasteiger partial charge in [-0.15, -0.1) is 11.3 Å². The van der Waals surface area contributed by atoms with Crippen LogP contribution in [0.15, 0.2) is 11.6 Å². The molecule has 4 rings (SSSR count). The van der Waals surface area contributed by atoms with E-state index in [2.05, 4.69) is 14.8 Å². The minimum absolute atomic E-state index is 0.154. The Kier molecular flexibility index (Phi) is 5.11. The Hall–Kier alpha value is -0.980. The maximum atomic E-state index is 12.5. The van der Waals surface area contributed by atoms with Crippen LogP contribution in [0.4, 0.5) is 0 Å². The molecule has 2 aliphatic heterocycles. The number of aromatic nitrogens is 1. The largest absolute Gasteiger partial charge is 0.393 e. The lowest BCUT2D eigenvalue weighted by Gasteiger charge is -2.50. The van der Waals surface area contributed by atoms with Crippen molar-refractivity contribution in [1.82, 2.24) is 14.8 Å². The Morgan fingerprint density at radius 2 is 1.96 bits per heavy atom. The fourth-order valence-electron chi connectivity index (χ4n) is 4.86. The fraction of sp³-hybridized carbons (Fsp3) is 0.789. The molecule has 5 nitrogen and oxygen atoms in total. The molecule has 1 aromatic rings. The van der Waals surface area contributed by atoms with Crippen LogP contribution in [0.25, 0.3) is 0 Å². The maximum absolute atomic E-state index is 12.5. The zero-order chi connectivity index (χ0) is 17.3. The van der Waals surface area contributed by atoms with Crippen LogP contribution in [0.5, 0.6) is 0 Å². The summed E-state index contributed by atoms with van der Waals surface area (Å²) in [7, 11) is 0. The van der Waals surface area contributed by atoms with E-state index in [1.807, 2.05) is 11.6 Å². The second-order valence-electron chi connectivity index (χ2n) is 8.19. The first-order valence-electron chi connectivity index (χ1n) is 9.72. The number of amides is 1. The SMILES string of the molecule is O=C1CCC2(CCN(Cc3nccs3)CC2)CN1C1CCC(O)CC1. The van der Waals surface area contributed by atoms with Crippen LogP contribution in [-0.4, -0.2) is 57.6 Å². The number of piperidine rings is 2. The molecule has 3 aliphatic rings. The summed E-state index contributed by atoms with van der Waals surface area (Å²) in [6, 6.07) is 0.362. The van der Waals surface area contributed by atoms with Gasteiger partial charge in [0.15, 0.2) is 0 Å². The summed E-state index contributed by atoms with van der Waals surface area (Å²) in [5, 5.41) is 13.0. The van der Waals surface area contributed by atoms with Crippen LogP contribution in [0, 0.1) is 5.41 Å². The molecule has 25 heavy (non-hydrogen) atoms. The zero-order valence-electron chi connectivity index (χ0n) is 14.9. The van der Waals surface area contributed by atoms with Gasteiger partial charge in [0, 0.05) is 30.6 Å².